The van der Waals surface area contributed by atoms with Crippen LogP contribution in [-0.2, 0) is 4.74 Å². The van der Waals surface area contributed by atoms with E-state index < -0.39 is 0 Å². The van der Waals surface area contributed by atoms with Crippen molar-refractivity contribution in [2.75, 3.05) is 39.4 Å². The number of rotatable bonds is 3. The van der Waals surface area contributed by atoms with Gasteiger partial charge in [0.15, 0.2) is 0 Å². The molecule has 0 radical (unpaired) electrons. The molecule has 0 aliphatic carbocycles. The summed E-state index contributed by atoms with van der Waals surface area (Å²) in [5.74, 6) is 0.171. The zero-order valence-corrected chi connectivity index (χ0v) is 14.0. The molecule has 2 aliphatic heterocycles. The maximum absolute atomic E-state index is 13.1. The summed E-state index contributed by atoms with van der Waals surface area (Å²) in [7, 11) is 0. The van der Waals surface area contributed by atoms with Gasteiger partial charge in [-0.25, -0.2) is 0 Å². The van der Waals surface area contributed by atoms with E-state index >= 15 is 0 Å². The Bertz CT molecular complexity index is 705. The molecule has 0 saturated carbocycles. The van der Waals surface area contributed by atoms with Gasteiger partial charge < -0.3 is 14.6 Å². The van der Waals surface area contributed by atoms with Crippen molar-refractivity contribution in [3.05, 3.63) is 36.0 Å². The van der Waals surface area contributed by atoms with E-state index in [2.05, 4.69) is 14.8 Å². The van der Waals surface area contributed by atoms with E-state index in [0.29, 0.717) is 6.04 Å². The highest BCUT2D eigenvalue weighted by Crippen LogP contribution is 2.22. The molecule has 1 unspecified atom stereocenters. The highest BCUT2D eigenvalue weighted by atomic mass is 16.5. The van der Waals surface area contributed by atoms with Crippen LogP contribution >= 0.6 is 0 Å². The smallest absolute Gasteiger partial charge is 0.254 e. The number of morpholine rings is 1. The molecule has 2 fully saturated rings. The third-order valence-electron chi connectivity index (χ3n) is 5.26. The fourth-order valence-electron chi connectivity index (χ4n) is 3.89. The van der Waals surface area contributed by atoms with Crippen LogP contribution in [0.2, 0.25) is 0 Å². The Balaban J connectivity index is 1.51. The Kier molecular flexibility index (Phi) is 4.54. The summed E-state index contributed by atoms with van der Waals surface area (Å²) >= 11 is 0. The lowest BCUT2D eigenvalue weighted by molar-refractivity contribution is 0.0166. The molecule has 0 bridgehead atoms. The number of nitrogens with zero attached hydrogens (tertiary/aromatic N) is 2. The zero-order chi connectivity index (χ0) is 16.4. The lowest BCUT2D eigenvalue weighted by Crippen LogP contribution is -2.51. The van der Waals surface area contributed by atoms with Gasteiger partial charge in [-0.05, 0) is 42.8 Å². The second-order valence-electron chi connectivity index (χ2n) is 6.84. The molecule has 1 N–H and O–H groups in total. The Labute approximate surface area is 142 Å². The Morgan fingerprint density at radius 2 is 2.04 bits per heavy atom. The molecule has 2 aromatic rings. The van der Waals surface area contributed by atoms with Gasteiger partial charge in [-0.15, -0.1) is 0 Å². The van der Waals surface area contributed by atoms with Gasteiger partial charge in [0.05, 0.1) is 13.2 Å². The molecular weight excluding hydrogens is 302 g/mol. The molecule has 128 valence electrons. The number of fused-ring (bicyclic) bond motifs is 1. The molecule has 1 aromatic carbocycles. The van der Waals surface area contributed by atoms with Gasteiger partial charge in [0, 0.05) is 49.5 Å². The third-order valence-corrected chi connectivity index (χ3v) is 5.26. The maximum Gasteiger partial charge on any atom is 0.254 e. The second-order valence-corrected chi connectivity index (χ2v) is 6.84. The normalized spacial score (nSPS) is 22.8. The summed E-state index contributed by atoms with van der Waals surface area (Å²) in [6.07, 6.45) is 5.35. The molecule has 24 heavy (non-hydrogen) atoms. The van der Waals surface area contributed by atoms with Gasteiger partial charge in [0.1, 0.15) is 0 Å². The van der Waals surface area contributed by atoms with Crippen molar-refractivity contribution in [3.63, 3.8) is 0 Å². The number of hydrogen-bond donors (Lipinski definition) is 1. The predicted molar refractivity (Wildman–Crippen MR) is 94.2 cm³/mol. The van der Waals surface area contributed by atoms with Crippen LogP contribution < -0.4 is 0 Å². The monoisotopic (exact) mass is 327 g/mol. The van der Waals surface area contributed by atoms with E-state index in [1.165, 1.54) is 6.42 Å². The van der Waals surface area contributed by atoms with Gasteiger partial charge in [-0.3, -0.25) is 9.69 Å². The molecule has 5 nitrogen and oxygen atoms in total. The minimum atomic E-state index is 0.171. The third kappa shape index (κ3) is 3.19. The average molecular weight is 327 g/mol. The largest absolute Gasteiger partial charge is 0.379 e. The van der Waals surface area contributed by atoms with Crippen LogP contribution in [0.1, 0.15) is 29.6 Å². The standard InChI is InChI=1S/C19H25N3O2/c23-19(16-5-4-15-6-7-20-18(15)13-16)22-8-2-1-3-17(22)14-21-9-11-24-12-10-21/h4-7,13,17,20H,1-3,8-12,14H2. The molecule has 5 heteroatoms. The van der Waals surface area contributed by atoms with Crippen molar-refractivity contribution < 1.29 is 9.53 Å². The quantitative estimate of drug-likeness (QED) is 0.942. The minimum Gasteiger partial charge on any atom is -0.379 e. The van der Waals surface area contributed by atoms with Gasteiger partial charge in [-0.1, -0.05) is 6.07 Å². The van der Waals surface area contributed by atoms with E-state index in [9.17, 15) is 4.79 Å². The van der Waals surface area contributed by atoms with Crippen LogP contribution in [0.15, 0.2) is 30.5 Å². The van der Waals surface area contributed by atoms with E-state index in [4.69, 9.17) is 4.74 Å². The van der Waals surface area contributed by atoms with Gasteiger partial charge in [-0.2, -0.15) is 0 Å². The summed E-state index contributed by atoms with van der Waals surface area (Å²) in [4.78, 5) is 20.8. The Hall–Kier alpha value is -1.85. The number of piperidine rings is 1. The highest BCUT2D eigenvalue weighted by molar-refractivity contribution is 5.98. The summed E-state index contributed by atoms with van der Waals surface area (Å²) in [6.45, 7) is 5.42. The van der Waals surface area contributed by atoms with Crippen molar-refractivity contribution in [1.29, 1.82) is 0 Å². The minimum absolute atomic E-state index is 0.171. The fourth-order valence-corrected chi connectivity index (χ4v) is 3.89. The number of aromatic amines is 1. The van der Waals surface area contributed by atoms with Crippen molar-refractivity contribution in [3.8, 4) is 0 Å². The number of likely N-dealkylation sites (tertiary alicyclic amines) is 1. The number of carbonyl (C=O) groups is 1. The SMILES string of the molecule is O=C(c1ccc2cc[nH]c2c1)N1CCCCC1CN1CCOCC1. The molecule has 1 amide bonds. The van der Waals surface area contributed by atoms with E-state index in [-0.39, 0.29) is 5.91 Å². The van der Waals surface area contributed by atoms with Crippen molar-refractivity contribution >= 4 is 16.8 Å². The van der Waals surface area contributed by atoms with Crippen molar-refractivity contribution in [1.82, 2.24) is 14.8 Å². The summed E-state index contributed by atoms with van der Waals surface area (Å²) in [6, 6.07) is 8.33. The molecule has 4 rings (SSSR count). The molecule has 3 heterocycles. The Morgan fingerprint density at radius 3 is 2.92 bits per heavy atom. The first-order chi connectivity index (χ1) is 11.8. The molecule has 0 spiro atoms. The highest BCUT2D eigenvalue weighted by Gasteiger charge is 2.29. The van der Waals surface area contributed by atoms with Crippen molar-refractivity contribution in [2.45, 2.75) is 25.3 Å². The van der Waals surface area contributed by atoms with E-state index in [1.54, 1.807) is 0 Å². The topological polar surface area (TPSA) is 48.6 Å². The summed E-state index contributed by atoms with van der Waals surface area (Å²) in [5, 5.41) is 1.15. The Morgan fingerprint density at radius 1 is 1.17 bits per heavy atom. The number of nitrogens with one attached hydrogen (secondary N) is 1. The van der Waals surface area contributed by atoms with E-state index in [1.807, 2.05) is 30.5 Å². The van der Waals surface area contributed by atoms with Crippen LogP contribution in [0.5, 0.6) is 0 Å². The van der Waals surface area contributed by atoms with Crippen LogP contribution in [-0.4, -0.2) is 66.1 Å². The van der Waals surface area contributed by atoms with Crippen LogP contribution in [0.4, 0.5) is 0 Å². The first-order valence-corrected chi connectivity index (χ1v) is 8.99. The average Bonchev–Trinajstić information content (AvgIpc) is 3.10. The molecule has 1 atom stereocenters. The lowest BCUT2D eigenvalue weighted by atomic mass is 9.99. The zero-order valence-electron chi connectivity index (χ0n) is 14.0. The maximum atomic E-state index is 13.1. The van der Waals surface area contributed by atoms with Crippen molar-refractivity contribution in [2.24, 2.45) is 0 Å². The summed E-state index contributed by atoms with van der Waals surface area (Å²) < 4.78 is 5.44. The van der Waals surface area contributed by atoms with Gasteiger partial charge in [0.2, 0.25) is 0 Å². The number of hydrogen-bond acceptors (Lipinski definition) is 3. The van der Waals surface area contributed by atoms with Crippen LogP contribution in [0.25, 0.3) is 10.9 Å². The number of ether oxygens (including phenoxy) is 1. The van der Waals surface area contributed by atoms with Gasteiger partial charge >= 0.3 is 0 Å². The van der Waals surface area contributed by atoms with Crippen LogP contribution in [0, 0.1) is 0 Å². The molecule has 2 aliphatic rings. The molecular formula is C19H25N3O2. The number of aromatic nitrogens is 1. The number of carbonyl (C=O) groups excluding carboxylic acids is 1. The number of benzene rings is 1. The number of H-pyrrole nitrogens is 1. The molecule has 1 aromatic heterocycles. The molecule has 2 saturated heterocycles. The second kappa shape index (κ2) is 6.95. The van der Waals surface area contributed by atoms with Gasteiger partial charge in [0.25, 0.3) is 5.91 Å². The summed E-state index contributed by atoms with van der Waals surface area (Å²) in [5.41, 5.74) is 1.82. The van der Waals surface area contributed by atoms with E-state index in [0.717, 1.165) is 68.7 Å². The lowest BCUT2D eigenvalue weighted by Gasteiger charge is -2.39. The first-order valence-electron chi connectivity index (χ1n) is 8.99. The number of amides is 1. The first kappa shape index (κ1) is 15.7. The van der Waals surface area contributed by atoms with Crippen LogP contribution in [0.3, 0.4) is 0 Å². The fraction of sp³-hybridized carbons (Fsp3) is 0.526. The predicted octanol–water partition coefficient (Wildman–Crippen LogP) is 2.49.